The second-order valence-electron chi connectivity index (χ2n) is 11.6. The highest BCUT2D eigenvalue weighted by Crippen LogP contribution is 2.42. The van der Waals surface area contributed by atoms with Crippen molar-refractivity contribution in [2.24, 2.45) is 0 Å². The number of hydrogen-bond acceptors (Lipinski definition) is 4. The monoisotopic (exact) mass is 604 g/mol. The second kappa shape index (κ2) is 11.2. The molecule has 0 bridgehead atoms. The highest BCUT2D eigenvalue weighted by atomic mass is 16.3. The molecule has 0 amide bonds. The molecular weight excluding hydrogens is 576 g/mol. The van der Waals surface area contributed by atoms with Crippen LogP contribution in [0.2, 0.25) is 0 Å². The van der Waals surface area contributed by atoms with Crippen molar-refractivity contribution in [3.8, 4) is 33.7 Å². The zero-order valence-corrected chi connectivity index (χ0v) is 25.4. The van der Waals surface area contributed by atoms with E-state index >= 15 is 0 Å². The van der Waals surface area contributed by atoms with Crippen LogP contribution in [0.4, 0.5) is 17.1 Å². The second-order valence-corrected chi connectivity index (χ2v) is 11.6. The minimum absolute atomic E-state index is 0.585. The molecule has 47 heavy (non-hydrogen) atoms. The number of hydrogen-bond donors (Lipinski definition) is 0. The lowest BCUT2D eigenvalue weighted by Crippen LogP contribution is -2.09. The molecule has 4 nitrogen and oxygen atoms in total. The zero-order valence-electron chi connectivity index (χ0n) is 25.4. The molecule has 0 fully saturated rings. The fourth-order valence-corrected chi connectivity index (χ4v) is 6.43. The fourth-order valence-electron chi connectivity index (χ4n) is 6.43. The number of para-hydroxylation sites is 2. The van der Waals surface area contributed by atoms with E-state index in [-0.39, 0.29) is 0 Å². The first-order valence-corrected chi connectivity index (χ1v) is 15.7. The topological polar surface area (TPSA) is 42.4 Å². The van der Waals surface area contributed by atoms with Crippen LogP contribution in [-0.4, -0.2) is 4.98 Å². The molecule has 0 aliphatic carbocycles. The summed E-state index contributed by atoms with van der Waals surface area (Å²) in [6, 6.07) is 58.7. The van der Waals surface area contributed by atoms with Crippen LogP contribution >= 0.6 is 0 Å². The number of rotatable bonds is 6. The average molecular weight is 605 g/mol. The van der Waals surface area contributed by atoms with Crippen LogP contribution in [-0.2, 0) is 0 Å². The maximum absolute atomic E-state index is 6.51. The van der Waals surface area contributed by atoms with E-state index in [1.165, 1.54) is 22.3 Å². The first-order chi connectivity index (χ1) is 23.3. The van der Waals surface area contributed by atoms with Crippen LogP contribution in [0.1, 0.15) is 0 Å². The van der Waals surface area contributed by atoms with Gasteiger partial charge in [-0.2, -0.15) is 0 Å². The normalized spacial score (nSPS) is 11.4. The van der Waals surface area contributed by atoms with E-state index in [9.17, 15) is 0 Å². The molecule has 2 heterocycles. The first kappa shape index (κ1) is 27.0. The van der Waals surface area contributed by atoms with Gasteiger partial charge in [0.05, 0.1) is 0 Å². The van der Waals surface area contributed by atoms with Crippen molar-refractivity contribution >= 4 is 50.1 Å². The van der Waals surface area contributed by atoms with Gasteiger partial charge in [0.25, 0.3) is 0 Å². The number of oxazole rings is 1. The maximum atomic E-state index is 6.51. The Hall–Kier alpha value is -6.39. The third-order valence-corrected chi connectivity index (χ3v) is 8.73. The fraction of sp³-hybridized carbons (Fsp3) is 0. The zero-order chi connectivity index (χ0) is 31.2. The molecule has 0 radical (unpaired) electrons. The smallest absolute Gasteiger partial charge is 0.228 e. The molecule has 0 spiro atoms. The van der Waals surface area contributed by atoms with Gasteiger partial charge < -0.3 is 13.7 Å². The van der Waals surface area contributed by atoms with E-state index in [0.717, 1.165) is 55.7 Å². The van der Waals surface area contributed by atoms with Crippen molar-refractivity contribution in [3.05, 3.63) is 170 Å². The third kappa shape index (κ3) is 4.84. The SMILES string of the molecule is c1ccc(-c2ccc(N(c3ccc(-c4ccccc4)cc3)c3ccc4c(c3)oc3cccc(-c5nc6ccccc6o5)c34)cc2)cc1. The lowest BCUT2D eigenvalue weighted by Gasteiger charge is -2.26. The molecule has 9 aromatic rings. The van der Waals surface area contributed by atoms with Crippen molar-refractivity contribution < 1.29 is 8.83 Å². The van der Waals surface area contributed by atoms with E-state index < -0.39 is 0 Å². The summed E-state index contributed by atoms with van der Waals surface area (Å²) in [5.41, 5.74) is 11.9. The van der Waals surface area contributed by atoms with E-state index in [0.29, 0.717) is 5.89 Å². The highest BCUT2D eigenvalue weighted by Gasteiger charge is 2.19. The molecule has 0 atom stereocenters. The van der Waals surface area contributed by atoms with Gasteiger partial charge in [-0.3, -0.25) is 0 Å². The summed E-state index contributed by atoms with van der Waals surface area (Å²) in [4.78, 5) is 7.06. The van der Waals surface area contributed by atoms with Crippen molar-refractivity contribution in [2.75, 3.05) is 4.90 Å². The number of aromatic nitrogens is 1. The van der Waals surface area contributed by atoms with E-state index in [2.05, 4.69) is 120 Å². The summed E-state index contributed by atoms with van der Waals surface area (Å²) in [7, 11) is 0. The highest BCUT2D eigenvalue weighted by molar-refractivity contribution is 6.12. The average Bonchev–Trinajstić information content (AvgIpc) is 3.75. The molecular formula is C43H28N2O2. The lowest BCUT2D eigenvalue weighted by molar-refractivity contribution is 0.620. The Morgan fingerprint density at radius 2 is 0.957 bits per heavy atom. The minimum atomic E-state index is 0.585. The van der Waals surface area contributed by atoms with Gasteiger partial charge >= 0.3 is 0 Å². The number of anilines is 3. The number of fused-ring (bicyclic) bond motifs is 4. The van der Waals surface area contributed by atoms with Gasteiger partial charge in [-0.1, -0.05) is 103 Å². The van der Waals surface area contributed by atoms with Crippen LogP contribution in [0.5, 0.6) is 0 Å². The molecule has 0 N–H and O–H groups in total. The predicted octanol–water partition coefficient (Wildman–Crippen LogP) is 12.2. The van der Waals surface area contributed by atoms with E-state index in [1.807, 2.05) is 54.6 Å². The summed E-state index contributed by atoms with van der Waals surface area (Å²) in [6.07, 6.45) is 0. The van der Waals surface area contributed by atoms with Crippen molar-refractivity contribution in [2.45, 2.75) is 0 Å². The summed E-state index contributed by atoms with van der Waals surface area (Å²) < 4.78 is 12.7. The summed E-state index contributed by atoms with van der Waals surface area (Å²) in [5.74, 6) is 0.585. The lowest BCUT2D eigenvalue weighted by atomic mass is 10.0. The Balaban J connectivity index is 1.17. The predicted molar refractivity (Wildman–Crippen MR) is 192 cm³/mol. The van der Waals surface area contributed by atoms with Crippen molar-refractivity contribution in [1.29, 1.82) is 0 Å². The maximum Gasteiger partial charge on any atom is 0.228 e. The van der Waals surface area contributed by atoms with Crippen LogP contribution in [0.25, 0.3) is 66.7 Å². The molecule has 0 aliphatic rings. The molecule has 7 aromatic carbocycles. The van der Waals surface area contributed by atoms with Gasteiger partial charge in [0.1, 0.15) is 16.7 Å². The molecule has 9 rings (SSSR count). The van der Waals surface area contributed by atoms with Gasteiger partial charge in [-0.25, -0.2) is 4.98 Å². The quantitative estimate of drug-likeness (QED) is 0.189. The Labute approximate surface area is 271 Å². The summed E-state index contributed by atoms with van der Waals surface area (Å²) >= 11 is 0. The van der Waals surface area contributed by atoms with Crippen molar-refractivity contribution in [3.63, 3.8) is 0 Å². The number of benzene rings is 7. The Morgan fingerprint density at radius 3 is 1.60 bits per heavy atom. The molecule has 222 valence electrons. The van der Waals surface area contributed by atoms with E-state index in [1.54, 1.807) is 0 Å². The molecule has 0 aliphatic heterocycles. The van der Waals surface area contributed by atoms with Gasteiger partial charge in [-0.15, -0.1) is 0 Å². The van der Waals surface area contributed by atoms with Crippen LogP contribution in [0.3, 0.4) is 0 Å². The Bertz CT molecular complexity index is 2380. The molecule has 0 saturated heterocycles. The molecule has 0 saturated carbocycles. The molecule has 0 unspecified atom stereocenters. The first-order valence-electron chi connectivity index (χ1n) is 15.7. The molecule has 4 heteroatoms. The Morgan fingerprint density at radius 1 is 0.404 bits per heavy atom. The van der Waals surface area contributed by atoms with Crippen LogP contribution < -0.4 is 4.90 Å². The number of nitrogens with zero attached hydrogens (tertiary/aromatic N) is 2. The Kier molecular flexibility index (Phi) is 6.43. The largest absolute Gasteiger partial charge is 0.456 e. The minimum Gasteiger partial charge on any atom is -0.456 e. The standard InChI is InChI=1S/C43H28N2O2/c1-3-10-29(11-4-1)31-18-22-33(23-19-31)45(34-24-20-32(21-25-34)30-12-5-2-6-13-30)35-26-27-36-41(28-35)46-40-17-9-14-37(42(36)40)43-44-38-15-7-8-16-39(38)47-43/h1-28H. The van der Waals surface area contributed by atoms with Gasteiger partial charge in [0, 0.05) is 39.5 Å². The van der Waals surface area contributed by atoms with Gasteiger partial charge in [0.15, 0.2) is 5.58 Å². The number of furan rings is 1. The molecule has 2 aromatic heterocycles. The van der Waals surface area contributed by atoms with Gasteiger partial charge in [-0.05, 0) is 82.9 Å². The van der Waals surface area contributed by atoms with Crippen LogP contribution in [0, 0.1) is 0 Å². The van der Waals surface area contributed by atoms with Crippen molar-refractivity contribution in [1.82, 2.24) is 4.98 Å². The third-order valence-electron chi connectivity index (χ3n) is 8.73. The van der Waals surface area contributed by atoms with E-state index in [4.69, 9.17) is 13.8 Å². The summed E-state index contributed by atoms with van der Waals surface area (Å²) in [6.45, 7) is 0. The van der Waals surface area contributed by atoms with Gasteiger partial charge in [0.2, 0.25) is 5.89 Å². The van der Waals surface area contributed by atoms with Crippen LogP contribution in [0.15, 0.2) is 179 Å². The summed E-state index contributed by atoms with van der Waals surface area (Å²) in [5, 5.41) is 2.01.